The third-order valence-corrected chi connectivity index (χ3v) is 4.93. The van der Waals surface area contributed by atoms with E-state index in [-0.39, 0.29) is 10.1 Å². The molecule has 1 fully saturated rings. The van der Waals surface area contributed by atoms with Crippen LogP contribution in [0.4, 0.5) is 4.39 Å². The van der Waals surface area contributed by atoms with Crippen molar-refractivity contribution in [1.29, 1.82) is 0 Å². The first-order chi connectivity index (χ1) is 13.1. The number of aryl methyl sites for hydroxylation is 2. The van der Waals surface area contributed by atoms with Gasteiger partial charge in [0.15, 0.2) is 0 Å². The standard InChI is InChI=1S/C18H19FN2O7/c1-9-4-3-5-10(2)13(9)15(25)17(27)14(24)11(8-22)28-18(17,19)21-7-6-12(23)20-16(21)26/h3-7,11,14,22,24,27H,8H2,1-2H3,(H,20,23,26)/t11-,14-,17+,18+/m1/s1. The van der Waals surface area contributed by atoms with Gasteiger partial charge in [0, 0.05) is 17.8 Å². The average Bonchev–Trinajstić information content (AvgIpc) is 2.83. The van der Waals surface area contributed by atoms with Gasteiger partial charge in [-0.15, -0.1) is 0 Å². The minimum Gasteiger partial charge on any atom is -0.394 e. The summed E-state index contributed by atoms with van der Waals surface area (Å²) in [6.45, 7) is 2.18. The number of hydrogen-bond donors (Lipinski definition) is 4. The lowest BCUT2D eigenvalue weighted by atomic mass is 9.82. The molecular formula is C18H19FN2O7. The topological polar surface area (TPSA) is 142 Å². The fourth-order valence-corrected chi connectivity index (χ4v) is 3.47. The number of hydrogen-bond acceptors (Lipinski definition) is 7. The Balaban J connectivity index is 2.28. The Morgan fingerprint density at radius 1 is 1.29 bits per heavy atom. The van der Waals surface area contributed by atoms with Gasteiger partial charge in [0.05, 0.1) is 6.61 Å². The zero-order valence-electron chi connectivity index (χ0n) is 15.0. The van der Waals surface area contributed by atoms with Gasteiger partial charge in [-0.25, -0.2) is 9.36 Å². The Hall–Kier alpha value is -2.66. The van der Waals surface area contributed by atoms with E-state index in [1.807, 2.05) is 0 Å². The van der Waals surface area contributed by atoms with Gasteiger partial charge < -0.3 is 20.1 Å². The number of rotatable bonds is 4. The first-order valence-corrected chi connectivity index (χ1v) is 8.39. The second-order valence-corrected chi connectivity index (χ2v) is 6.69. The number of ketones is 1. The number of halogens is 1. The molecule has 4 atom stereocenters. The maximum atomic E-state index is 16.0. The van der Waals surface area contributed by atoms with Crippen LogP contribution in [0.3, 0.4) is 0 Å². The first-order valence-electron chi connectivity index (χ1n) is 8.39. The number of nitrogens with zero attached hydrogens (tertiary/aromatic N) is 1. The van der Waals surface area contributed by atoms with E-state index in [2.05, 4.69) is 0 Å². The second-order valence-electron chi connectivity index (χ2n) is 6.69. The predicted octanol–water partition coefficient (Wildman–Crippen LogP) is -0.901. The zero-order chi connectivity index (χ0) is 20.9. The molecular weight excluding hydrogens is 375 g/mol. The van der Waals surface area contributed by atoms with Crippen LogP contribution in [0.5, 0.6) is 0 Å². The van der Waals surface area contributed by atoms with Gasteiger partial charge >= 0.3 is 11.7 Å². The number of alkyl halides is 1. The fraction of sp³-hybridized carbons (Fsp3) is 0.389. The maximum absolute atomic E-state index is 16.0. The van der Waals surface area contributed by atoms with E-state index in [1.54, 1.807) is 37.0 Å². The molecule has 0 bridgehead atoms. The van der Waals surface area contributed by atoms with Crippen LogP contribution in [-0.4, -0.2) is 55.1 Å². The summed E-state index contributed by atoms with van der Waals surface area (Å²) in [7, 11) is 0. The number of carbonyl (C=O) groups is 1. The molecule has 1 aromatic heterocycles. The third kappa shape index (κ3) is 2.65. The van der Waals surface area contributed by atoms with Crippen LogP contribution in [0.25, 0.3) is 0 Å². The van der Waals surface area contributed by atoms with Crippen molar-refractivity contribution < 1.29 is 29.2 Å². The molecule has 1 aliphatic rings. The second kappa shape index (κ2) is 6.74. The Morgan fingerprint density at radius 3 is 2.43 bits per heavy atom. The molecule has 1 aromatic carbocycles. The summed E-state index contributed by atoms with van der Waals surface area (Å²) < 4.78 is 21.2. The van der Waals surface area contributed by atoms with Crippen molar-refractivity contribution in [2.75, 3.05) is 6.61 Å². The molecule has 2 aromatic rings. The van der Waals surface area contributed by atoms with E-state index in [0.717, 1.165) is 6.07 Å². The number of aliphatic hydroxyl groups excluding tert-OH is 2. The smallest absolute Gasteiger partial charge is 0.337 e. The normalized spacial score (nSPS) is 29.8. The molecule has 0 amide bonds. The Kier molecular flexibility index (Phi) is 4.84. The molecule has 0 radical (unpaired) electrons. The number of aromatic nitrogens is 2. The number of Topliss-reactive ketones (excluding diaryl/α,β-unsaturated/α-hetero) is 1. The fourth-order valence-electron chi connectivity index (χ4n) is 3.47. The summed E-state index contributed by atoms with van der Waals surface area (Å²) in [5.41, 5.74) is -4.70. The SMILES string of the molecule is Cc1cccc(C)c1C(=O)[C@@]1(O)[C@H](O)[C@@H](CO)O[C@@]1(F)n1ccc(=O)[nH]c1=O. The molecule has 2 heterocycles. The van der Waals surface area contributed by atoms with Crippen molar-refractivity contribution in [2.45, 2.75) is 37.6 Å². The van der Waals surface area contributed by atoms with Crippen LogP contribution in [0.1, 0.15) is 21.5 Å². The molecule has 0 unspecified atom stereocenters. The van der Waals surface area contributed by atoms with Crippen molar-refractivity contribution >= 4 is 5.78 Å². The van der Waals surface area contributed by atoms with Gasteiger partial charge in [-0.1, -0.05) is 18.2 Å². The van der Waals surface area contributed by atoms with Crippen LogP contribution in [0.15, 0.2) is 40.1 Å². The molecule has 1 aliphatic heterocycles. The summed E-state index contributed by atoms with van der Waals surface area (Å²) in [5, 5.41) is 31.0. The molecule has 0 spiro atoms. The molecule has 4 N–H and O–H groups in total. The van der Waals surface area contributed by atoms with Crippen LogP contribution in [-0.2, 0) is 10.7 Å². The molecule has 150 valence electrons. The van der Waals surface area contributed by atoms with Crippen molar-refractivity contribution in [2.24, 2.45) is 0 Å². The van der Waals surface area contributed by atoms with E-state index in [4.69, 9.17) is 4.74 Å². The molecule has 0 aliphatic carbocycles. The number of H-pyrrole nitrogens is 1. The number of ether oxygens (including phenoxy) is 1. The summed E-state index contributed by atoms with van der Waals surface area (Å²) in [4.78, 5) is 38.5. The number of aliphatic hydroxyl groups is 3. The Labute approximate surface area is 157 Å². The van der Waals surface area contributed by atoms with Gasteiger partial charge in [0.1, 0.15) is 12.2 Å². The molecule has 1 saturated heterocycles. The van der Waals surface area contributed by atoms with Gasteiger partial charge in [0.25, 0.3) is 5.56 Å². The van der Waals surface area contributed by atoms with E-state index < -0.39 is 47.4 Å². The summed E-state index contributed by atoms with van der Waals surface area (Å²) in [5.74, 6) is -4.82. The average molecular weight is 394 g/mol. The molecule has 0 saturated carbocycles. The van der Waals surface area contributed by atoms with Gasteiger partial charge in [0.2, 0.25) is 11.4 Å². The quantitative estimate of drug-likeness (QED) is 0.492. The van der Waals surface area contributed by atoms with Gasteiger partial charge in [-0.05, 0) is 25.0 Å². The highest BCUT2D eigenvalue weighted by molar-refractivity contribution is 6.05. The lowest BCUT2D eigenvalue weighted by Gasteiger charge is -2.35. The van der Waals surface area contributed by atoms with Crippen molar-refractivity contribution in [3.63, 3.8) is 0 Å². The van der Waals surface area contributed by atoms with Crippen molar-refractivity contribution in [3.8, 4) is 0 Å². The van der Waals surface area contributed by atoms with E-state index >= 15 is 4.39 Å². The maximum Gasteiger partial charge on any atom is 0.337 e. The lowest BCUT2D eigenvalue weighted by molar-refractivity contribution is -0.262. The van der Waals surface area contributed by atoms with Gasteiger partial charge in [-0.2, -0.15) is 4.39 Å². The van der Waals surface area contributed by atoms with E-state index in [0.29, 0.717) is 17.3 Å². The lowest BCUT2D eigenvalue weighted by Crippen LogP contribution is -2.63. The highest BCUT2D eigenvalue weighted by Gasteiger charge is 2.72. The highest BCUT2D eigenvalue weighted by Crippen LogP contribution is 2.46. The summed E-state index contributed by atoms with van der Waals surface area (Å²) in [6.07, 6.45) is -3.22. The van der Waals surface area contributed by atoms with Gasteiger partial charge in [-0.3, -0.25) is 14.6 Å². The van der Waals surface area contributed by atoms with E-state index in [1.165, 1.54) is 0 Å². The van der Waals surface area contributed by atoms with E-state index in [9.17, 15) is 29.7 Å². The number of carbonyl (C=O) groups excluding carboxylic acids is 1. The predicted molar refractivity (Wildman–Crippen MR) is 93.6 cm³/mol. The Morgan fingerprint density at radius 2 is 1.89 bits per heavy atom. The van der Waals surface area contributed by atoms with Crippen LogP contribution in [0, 0.1) is 13.8 Å². The monoisotopic (exact) mass is 394 g/mol. The van der Waals surface area contributed by atoms with Crippen molar-refractivity contribution in [1.82, 2.24) is 9.55 Å². The number of benzene rings is 1. The zero-order valence-corrected chi connectivity index (χ0v) is 15.0. The first kappa shape index (κ1) is 20.1. The molecule has 28 heavy (non-hydrogen) atoms. The molecule has 9 nitrogen and oxygen atoms in total. The van der Waals surface area contributed by atoms with Crippen LogP contribution < -0.4 is 11.2 Å². The summed E-state index contributed by atoms with van der Waals surface area (Å²) >= 11 is 0. The minimum atomic E-state index is -3.59. The van der Waals surface area contributed by atoms with Crippen LogP contribution >= 0.6 is 0 Å². The summed E-state index contributed by atoms with van der Waals surface area (Å²) in [6, 6.07) is 5.55. The number of nitrogens with one attached hydrogen (secondary N) is 1. The highest BCUT2D eigenvalue weighted by atomic mass is 19.2. The Bertz CT molecular complexity index is 1030. The number of aromatic amines is 1. The van der Waals surface area contributed by atoms with Crippen LogP contribution in [0.2, 0.25) is 0 Å². The van der Waals surface area contributed by atoms with Crippen molar-refractivity contribution in [3.05, 3.63) is 68.0 Å². The molecule has 3 rings (SSSR count). The third-order valence-electron chi connectivity index (χ3n) is 4.93. The largest absolute Gasteiger partial charge is 0.394 e. The molecule has 10 heteroatoms. The minimum absolute atomic E-state index is 0.0641.